The lowest BCUT2D eigenvalue weighted by Crippen LogP contribution is -2.24. The quantitative estimate of drug-likeness (QED) is 0.728. The minimum Gasteiger partial charge on any atom is -0.290 e. The van der Waals surface area contributed by atoms with E-state index in [1.165, 1.54) is 33.6 Å². The molecule has 4 heterocycles. The van der Waals surface area contributed by atoms with Gasteiger partial charge in [0.25, 0.3) is 5.56 Å². The molecule has 0 saturated carbocycles. The highest BCUT2D eigenvalue weighted by molar-refractivity contribution is 7.16. The van der Waals surface area contributed by atoms with E-state index in [1.807, 2.05) is 18.3 Å². The molecule has 0 unspecified atom stereocenters. The molecule has 1 aliphatic rings. The van der Waals surface area contributed by atoms with E-state index in [2.05, 4.69) is 32.5 Å². The van der Waals surface area contributed by atoms with Gasteiger partial charge in [0.1, 0.15) is 5.01 Å². The summed E-state index contributed by atoms with van der Waals surface area (Å²) in [5, 5.41) is 7.39. The van der Waals surface area contributed by atoms with Crippen molar-refractivity contribution in [1.82, 2.24) is 19.5 Å². The summed E-state index contributed by atoms with van der Waals surface area (Å²) in [6, 6.07) is 6.41. The lowest BCUT2D eigenvalue weighted by atomic mass is 10.2. The first-order chi connectivity index (χ1) is 11.2. The van der Waals surface area contributed by atoms with Crippen LogP contribution in [0.4, 0.5) is 0 Å². The Bertz CT molecular complexity index is 868. The van der Waals surface area contributed by atoms with E-state index in [9.17, 15) is 4.79 Å². The SMILES string of the molecule is CCc1nn2c(=O)cc(CN3CCC[C@@H]3c3cccs3)nc2s1. The highest BCUT2D eigenvalue weighted by atomic mass is 32.1. The summed E-state index contributed by atoms with van der Waals surface area (Å²) in [4.78, 5) is 21.5. The molecular formula is C16H18N4OS2. The maximum Gasteiger partial charge on any atom is 0.275 e. The number of hydrogen-bond donors (Lipinski definition) is 0. The fourth-order valence-corrected chi connectivity index (χ4v) is 4.90. The fraction of sp³-hybridized carbons (Fsp3) is 0.438. The predicted octanol–water partition coefficient (Wildman–Crippen LogP) is 3.11. The Balaban J connectivity index is 1.63. The number of nitrogens with zero attached hydrogens (tertiary/aromatic N) is 4. The van der Waals surface area contributed by atoms with Crippen LogP contribution in [0, 0.1) is 0 Å². The van der Waals surface area contributed by atoms with Crippen molar-refractivity contribution >= 4 is 27.6 Å². The molecule has 0 spiro atoms. The topological polar surface area (TPSA) is 50.5 Å². The standard InChI is InChI=1S/C16H18N4OS2/c1-2-14-18-20-15(21)9-11(17-16(20)23-14)10-19-7-3-5-12(19)13-6-4-8-22-13/h4,6,8-9,12H,2-3,5,7,10H2,1H3/t12-/m1/s1. The van der Waals surface area contributed by atoms with E-state index in [4.69, 9.17) is 0 Å². The molecule has 0 radical (unpaired) electrons. The molecule has 3 aromatic heterocycles. The first-order valence-electron chi connectivity index (χ1n) is 7.90. The smallest absolute Gasteiger partial charge is 0.275 e. The Labute approximate surface area is 142 Å². The molecule has 23 heavy (non-hydrogen) atoms. The summed E-state index contributed by atoms with van der Waals surface area (Å²) in [6.07, 6.45) is 3.21. The zero-order chi connectivity index (χ0) is 15.8. The second-order valence-corrected chi connectivity index (χ2v) is 7.79. The van der Waals surface area contributed by atoms with Gasteiger partial charge in [0.05, 0.1) is 5.69 Å². The molecule has 4 rings (SSSR count). The molecule has 1 aliphatic heterocycles. The molecule has 0 amide bonds. The van der Waals surface area contributed by atoms with Gasteiger partial charge in [-0.2, -0.15) is 9.61 Å². The molecular weight excluding hydrogens is 328 g/mol. The number of fused-ring (bicyclic) bond motifs is 1. The summed E-state index contributed by atoms with van der Waals surface area (Å²) in [5.41, 5.74) is 0.776. The maximum absolute atomic E-state index is 12.3. The number of hydrogen-bond acceptors (Lipinski definition) is 6. The lowest BCUT2D eigenvalue weighted by molar-refractivity contribution is 0.248. The minimum absolute atomic E-state index is 0.0761. The van der Waals surface area contributed by atoms with Crippen molar-refractivity contribution in [2.75, 3.05) is 6.54 Å². The number of likely N-dealkylation sites (tertiary alicyclic amines) is 1. The first-order valence-corrected chi connectivity index (χ1v) is 9.60. The van der Waals surface area contributed by atoms with E-state index in [0.29, 0.717) is 11.0 Å². The van der Waals surface area contributed by atoms with Crippen LogP contribution in [-0.4, -0.2) is 26.0 Å². The van der Waals surface area contributed by atoms with E-state index in [0.717, 1.165) is 30.2 Å². The van der Waals surface area contributed by atoms with Gasteiger partial charge in [0.2, 0.25) is 4.96 Å². The number of aryl methyl sites for hydroxylation is 1. The van der Waals surface area contributed by atoms with Crippen LogP contribution in [0.2, 0.25) is 0 Å². The molecule has 0 aromatic carbocycles. The van der Waals surface area contributed by atoms with Gasteiger partial charge in [-0.05, 0) is 37.3 Å². The van der Waals surface area contributed by atoms with Gasteiger partial charge in [-0.25, -0.2) is 4.98 Å². The summed E-state index contributed by atoms with van der Waals surface area (Å²) >= 11 is 3.32. The molecule has 3 aromatic rings. The molecule has 1 atom stereocenters. The number of rotatable bonds is 4. The van der Waals surface area contributed by atoms with Crippen LogP contribution in [-0.2, 0) is 13.0 Å². The summed E-state index contributed by atoms with van der Waals surface area (Å²) < 4.78 is 1.42. The van der Waals surface area contributed by atoms with Crippen molar-refractivity contribution in [2.24, 2.45) is 0 Å². The van der Waals surface area contributed by atoms with Crippen LogP contribution in [0.1, 0.15) is 41.4 Å². The molecule has 0 bridgehead atoms. The zero-order valence-corrected chi connectivity index (χ0v) is 14.6. The van der Waals surface area contributed by atoms with E-state index >= 15 is 0 Å². The molecule has 0 aliphatic carbocycles. The fourth-order valence-electron chi connectivity index (χ4n) is 3.15. The number of thiophene rings is 1. The normalized spacial score (nSPS) is 18.9. The Morgan fingerprint density at radius 1 is 1.43 bits per heavy atom. The molecule has 1 saturated heterocycles. The predicted molar refractivity (Wildman–Crippen MR) is 93.2 cm³/mol. The molecule has 7 heteroatoms. The number of aromatic nitrogens is 3. The van der Waals surface area contributed by atoms with Crippen molar-refractivity contribution in [2.45, 2.75) is 38.8 Å². The molecule has 120 valence electrons. The Morgan fingerprint density at radius 2 is 2.35 bits per heavy atom. The van der Waals surface area contributed by atoms with Gasteiger partial charge in [-0.3, -0.25) is 9.69 Å². The third-order valence-electron chi connectivity index (χ3n) is 4.24. The average Bonchev–Trinajstić information content (AvgIpc) is 3.26. The van der Waals surface area contributed by atoms with Crippen LogP contribution in [0.15, 0.2) is 28.4 Å². The van der Waals surface area contributed by atoms with E-state index < -0.39 is 0 Å². The van der Waals surface area contributed by atoms with Gasteiger partial charge >= 0.3 is 0 Å². The summed E-state index contributed by atoms with van der Waals surface area (Å²) in [5.74, 6) is 0. The van der Waals surface area contributed by atoms with Crippen molar-refractivity contribution < 1.29 is 0 Å². The van der Waals surface area contributed by atoms with Crippen molar-refractivity contribution in [3.63, 3.8) is 0 Å². The van der Waals surface area contributed by atoms with Gasteiger partial charge in [-0.1, -0.05) is 24.3 Å². The van der Waals surface area contributed by atoms with Gasteiger partial charge in [0.15, 0.2) is 0 Å². The van der Waals surface area contributed by atoms with Crippen LogP contribution in [0.5, 0.6) is 0 Å². The molecule has 0 N–H and O–H groups in total. The van der Waals surface area contributed by atoms with Gasteiger partial charge in [-0.15, -0.1) is 11.3 Å². The van der Waals surface area contributed by atoms with Crippen molar-refractivity contribution in [1.29, 1.82) is 0 Å². The summed E-state index contributed by atoms with van der Waals surface area (Å²) in [7, 11) is 0. The second-order valence-electron chi connectivity index (χ2n) is 5.77. The molecule has 5 nitrogen and oxygen atoms in total. The monoisotopic (exact) mass is 346 g/mol. The Kier molecular flexibility index (Phi) is 4.00. The Morgan fingerprint density at radius 3 is 3.13 bits per heavy atom. The van der Waals surface area contributed by atoms with Crippen LogP contribution < -0.4 is 5.56 Å². The van der Waals surface area contributed by atoms with E-state index in [1.54, 1.807) is 6.07 Å². The third kappa shape index (κ3) is 2.84. The van der Waals surface area contributed by atoms with Crippen molar-refractivity contribution in [3.8, 4) is 0 Å². The van der Waals surface area contributed by atoms with Gasteiger partial charge < -0.3 is 0 Å². The lowest BCUT2D eigenvalue weighted by Gasteiger charge is -2.22. The van der Waals surface area contributed by atoms with Crippen LogP contribution in [0.25, 0.3) is 4.96 Å². The van der Waals surface area contributed by atoms with Crippen LogP contribution in [0.3, 0.4) is 0 Å². The highest BCUT2D eigenvalue weighted by Gasteiger charge is 2.27. The largest absolute Gasteiger partial charge is 0.290 e. The Hall–Kier alpha value is -1.57. The van der Waals surface area contributed by atoms with E-state index in [-0.39, 0.29) is 5.56 Å². The summed E-state index contributed by atoms with van der Waals surface area (Å²) in [6.45, 7) is 3.83. The molecule has 1 fully saturated rings. The van der Waals surface area contributed by atoms with Crippen molar-refractivity contribution in [3.05, 3.63) is 49.5 Å². The third-order valence-corrected chi connectivity index (χ3v) is 6.27. The highest BCUT2D eigenvalue weighted by Crippen LogP contribution is 2.35. The maximum atomic E-state index is 12.3. The zero-order valence-electron chi connectivity index (χ0n) is 12.9. The van der Waals surface area contributed by atoms with Gasteiger partial charge in [0, 0.05) is 23.5 Å². The van der Waals surface area contributed by atoms with Crippen LogP contribution >= 0.6 is 22.7 Å². The first kappa shape index (κ1) is 15.0. The second kappa shape index (κ2) is 6.14. The minimum atomic E-state index is -0.0761. The average molecular weight is 346 g/mol.